The maximum absolute atomic E-state index is 10.2. The van der Waals surface area contributed by atoms with E-state index >= 15 is 0 Å². The molecule has 18 heavy (non-hydrogen) atoms. The van der Waals surface area contributed by atoms with Crippen LogP contribution < -0.4 is 4.74 Å². The van der Waals surface area contributed by atoms with Crippen molar-refractivity contribution < 1.29 is 9.84 Å². The Bertz CT molecular complexity index is 493. The second-order valence-electron chi connectivity index (χ2n) is 4.11. The minimum atomic E-state index is -0.657. The first kappa shape index (κ1) is 13.1. The number of aryl methyl sites for hydroxylation is 1. The maximum Gasteiger partial charge on any atom is 0.122 e. The lowest BCUT2D eigenvalue weighted by Crippen LogP contribution is -2.00. The summed E-state index contributed by atoms with van der Waals surface area (Å²) in [6.07, 6.45) is 0.331. The van der Waals surface area contributed by atoms with Gasteiger partial charge in [-0.15, -0.1) is 11.3 Å². The number of thiazole rings is 1. The summed E-state index contributed by atoms with van der Waals surface area (Å²) in [7, 11) is 0. The van der Waals surface area contributed by atoms with E-state index in [1.165, 1.54) is 0 Å². The summed E-state index contributed by atoms with van der Waals surface area (Å²) in [4.78, 5) is 4.30. The lowest BCUT2D eigenvalue weighted by Gasteiger charge is -2.10. The lowest BCUT2D eigenvalue weighted by atomic mass is 10.1. The topological polar surface area (TPSA) is 42.4 Å². The van der Waals surface area contributed by atoms with Crippen LogP contribution in [0.15, 0.2) is 29.6 Å². The first-order chi connectivity index (χ1) is 8.70. The van der Waals surface area contributed by atoms with Crippen molar-refractivity contribution in [3.05, 3.63) is 45.9 Å². The van der Waals surface area contributed by atoms with Gasteiger partial charge in [0.25, 0.3) is 0 Å². The summed E-state index contributed by atoms with van der Waals surface area (Å²) < 4.78 is 5.50. The zero-order chi connectivity index (χ0) is 13.0. The van der Waals surface area contributed by atoms with Crippen LogP contribution >= 0.6 is 11.3 Å². The number of hydrogen-bond donors (Lipinski definition) is 1. The second kappa shape index (κ2) is 5.98. The molecule has 0 aliphatic carbocycles. The molecule has 0 amide bonds. The van der Waals surface area contributed by atoms with Crippen molar-refractivity contribution in [3.63, 3.8) is 0 Å². The van der Waals surface area contributed by atoms with E-state index in [-0.39, 0.29) is 0 Å². The van der Waals surface area contributed by atoms with Crippen molar-refractivity contribution in [2.45, 2.75) is 26.4 Å². The molecule has 3 nitrogen and oxygen atoms in total. The smallest absolute Gasteiger partial charge is 0.122 e. The summed E-state index contributed by atoms with van der Waals surface area (Å²) >= 11 is 1.55. The number of rotatable bonds is 5. The average Bonchev–Trinajstić information content (AvgIpc) is 2.83. The van der Waals surface area contributed by atoms with Gasteiger partial charge in [0.2, 0.25) is 0 Å². The van der Waals surface area contributed by atoms with Crippen LogP contribution in [-0.4, -0.2) is 16.7 Å². The van der Waals surface area contributed by atoms with Crippen molar-refractivity contribution in [2.75, 3.05) is 6.61 Å². The van der Waals surface area contributed by atoms with Gasteiger partial charge in [0.05, 0.1) is 17.3 Å². The Balaban J connectivity index is 2.09. The number of aliphatic hydroxyl groups excluding tert-OH is 1. The lowest BCUT2D eigenvalue weighted by molar-refractivity contribution is 0.215. The molecular formula is C14H17NO2S. The molecule has 0 fully saturated rings. The maximum atomic E-state index is 10.2. The normalized spacial score (nSPS) is 12.4. The Labute approximate surface area is 111 Å². The Morgan fingerprint density at radius 2 is 2.06 bits per heavy atom. The van der Waals surface area contributed by atoms with Gasteiger partial charge in [0, 0.05) is 5.38 Å². The molecule has 1 N–H and O–H groups in total. The zero-order valence-electron chi connectivity index (χ0n) is 10.6. The van der Waals surface area contributed by atoms with Crippen LogP contribution in [0.2, 0.25) is 0 Å². The van der Waals surface area contributed by atoms with E-state index in [4.69, 9.17) is 4.74 Å². The molecule has 0 saturated heterocycles. The Morgan fingerprint density at radius 1 is 1.33 bits per heavy atom. The van der Waals surface area contributed by atoms with Crippen LogP contribution in [-0.2, 0) is 0 Å². The van der Waals surface area contributed by atoms with Crippen molar-refractivity contribution in [3.8, 4) is 5.75 Å². The molecule has 0 radical (unpaired) electrons. The molecule has 2 rings (SSSR count). The monoisotopic (exact) mass is 263 g/mol. The minimum Gasteiger partial charge on any atom is -0.494 e. The van der Waals surface area contributed by atoms with Crippen molar-refractivity contribution in [1.82, 2.24) is 4.98 Å². The third kappa shape index (κ3) is 3.09. The van der Waals surface area contributed by atoms with E-state index < -0.39 is 6.10 Å². The van der Waals surface area contributed by atoms with Crippen molar-refractivity contribution in [1.29, 1.82) is 0 Å². The molecule has 0 aliphatic rings. The molecule has 1 unspecified atom stereocenters. The van der Waals surface area contributed by atoms with E-state index in [0.717, 1.165) is 22.7 Å². The predicted octanol–water partition coefficient (Wildman–Crippen LogP) is 3.32. The fraction of sp³-hybridized carbons (Fsp3) is 0.357. The summed E-state index contributed by atoms with van der Waals surface area (Å²) in [6.45, 7) is 4.72. The molecule has 1 heterocycles. The van der Waals surface area contributed by atoms with Crippen LogP contribution in [0.4, 0.5) is 0 Å². The number of aromatic nitrogens is 1. The molecule has 0 bridgehead atoms. The van der Waals surface area contributed by atoms with E-state index in [1.54, 1.807) is 11.3 Å². The highest BCUT2D eigenvalue weighted by atomic mass is 32.1. The fourth-order valence-corrected chi connectivity index (χ4v) is 2.27. The van der Waals surface area contributed by atoms with Gasteiger partial charge in [-0.05, 0) is 31.0 Å². The molecule has 1 aromatic carbocycles. The van der Waals surface area contributed by atoms with Crippen LogP contribution in [0.5, 0.6) is 5.75 Å². The van der Waals surface area contributed by atoms with Crippen LogP contribution in [0.3, 0.4) is 0 Å². The van der Waals surface area contributed by atoms with Crippen LogP contribution in [0.1, 0.15) is 35.7 Å². The average molecular weight is 263 g/mol. The number of nitrogens with zero attached hydrogens (tertiary/aromatic N) is 1. The number of ether oxygens (including phenoxy) is 1. The van der Waals surface area contributed by atoms with Crippen LogP contribution in [0.25, 0.3) is 0 Å². The SMILES string of the molecule is CCCOc1ccc(C(O)c2csc(C)n2)cc1. The highest BCUT2D eigenvalue weighted by Crippen LogP contribution is 2.24. The second-order valence-corrected chi connectivity index (χ2v) is 5.17. The van der Waals surface area contributed by atoms with Gasteiger partial charge in [-0.25, -0.2) is 4.98 Å². The third-order valence-electron chi connectivity index (χ3n) is 2.59. The summed E-state index contributed by atoms with van der Waals surface area (Å²) in [5, 5.41) is 13.0. The molecule has 1 aromatic heterocycles. The quantitative estimate of drug-likeness (QED) is 0.899. The highest BCUT2D eigenvalue weighted by Gasteiger charge is 2.13. The molecule has 96 valence electrons. The van der Waals surface area contributed by atoms with E-state index in [2.05, 4.69) is 11.9 Å². The van der Waals surface area contributed by atoms with Crippen molar-refractivity contribution in [2.24, 2.45) is 0 Å². The van der Waals surface area contributed by atoms with Gasteiger partial charge in [-0.3, -0.25) is 0 Å². The van der Waals surface area contributed by atoms with Crippen LogP contribution in [0, 0.1) is 6.92 Å². The van der Waals surface area contributed by atoms with E-state index in [9.17, 15) is 5.11 Å². The molecule has 0 spiro atoms. The van der Waals surface area contributed by atoms with Gasteiger partial charge in [0.1, 0.15) is 11.9 Å². The molecule has 0 aliphatic heterocycles. The molecule has 2 aromatic rings. The minimum absolute atomic E-state index is 0.657. The van der Waals surface area contributed by atoms with E-state index in [1.807, 2.05) is 36.6 Å². The van der Waals surface area contributed by atoms with Gasteiger partial charge in [0.15, 0.2) is 0 Å². The Kier molecular flexibility index (Phi) is 4.33. The Hall–Kier alpha value is -1.39. The number of aliphatic hydroxyl groups is 1. The molecule has 4 heteroatoms. The Morgan fingerprint density at radius 3 is 2.61 bits per heavy atom. The van der Waals surface area contributed by atoms with E-state index in [0.29, 0.717) is 12.3 Å². The van der Waals surface area contributed by atoms with Gasteiger partial charge in [-0.1, -0.05) is 19.1 Å². The summed E-state index contributed by atoms with van der Waals surface area (Å²) in [5.41, 5.74) is 1.55. The highest BCUT2D eigenvalue weighted by molar-refractivity contribution is 7.09. The first-order valence-electron chi connectivity index (χ1n) is 6.03. The van der Waals surface area contributed by atoms with Crippen molar-refractivity contribution >= 4 is 11.3 Å². The predicted molar refractivity (Wildman–Crippen MR) is 73.1 cm³/mol. The summed E-state index contributed by atoms with van der Waals surface area (Å²) in [6, 6.07) is 7.52. The zero-order valence-corrected chi connectivity index (χ0v) is 11.4. The summed E-state index contributed by atoms with van der Waals surface area (Å²) in [5.74, 6) is 0.835. The number of benzene rings is 1. The largest absolute Gasteiger partial charge is 0.494 e. The van der Waals surface area contributed by atoms with Gasteiger partial charge in [-0.2, -0.15) is 0 Å². The number of hydrogen-bond acceptors (Lipinski definition) is 4. The first-order valence-corrected chi connectivity index (χ1v) is 6.91. The third-order valence-corrected chi connectivity index (χ3v) is 3.38. The van der Waals surface area contributed by atoms with Gasteiger partial charge >= 0.3 is 0 Å². The molecule has 0 saturated carbocycles. The molecular weight excluding hydrogens is 246 g/mol. The fourth-order valence-electron chi connectivity index (χ4n) is 1.64. The molecule has 1 atom stereocenters. The standard InChI is InChI=1S/C14H17NO2S/c1-3-8-17-12-6-4-11(5-7-12)14(16)13-9-18-10(2)15-13/h4-7,9,14,16H,3,8H2,1-2H3. The van der Waals surface area contributed by atoms with Gasteiger partial charge < -0.3 is 9.84 Å².